The van der Waals surface area contributed by atoms with Gasteiger partial charge < -0.3 is 0 Å². The molecule has 1 atom stereocenters. The molecule has 0 N–H and O–H groups in total. The van der Waals surface area contributed by atoms with Crippen LogP contribution in [0.2, 0.25) is 0 Å². The maximum absolute atomic E-state index is 2.42. The van der Waals surface area contributed by atoms with Crippen LogP contribution < -0.4 is 0 Å². The molecule has 1 aromatic rings. The summed E-state index contributed by atoms with van der Waals surface area (Å²) in [7, 11) is 2.42. The first kappa shape index (κ1) is 16.1. The monoisotopic (exact) mass is 212 g/mol. The maximum atomic E-state index is 2.42. The largest absolute Gasteiger partial charge is 0.141 e. The average Bonchev–Trinajstić information content (AvgIpc) is 2.24. The molecular weight excluding hydrogens is 187 g/mol. The van der Waals surface area contributed by atoms with Gasteiger partial charge >= 0.3 is 0 Å². The Morgan fingerprint density at radius 3 is 2.14 bits per heavy atom. The summed E-state index contributed by atoms with van der Waals surface area (Å²) in [6, 6.07) is 8.71. The van der Waals surface area contributed by atoms with Gasteiger partial charge in [0.05, 0.1) is 0 Å². The Morgan fingerprint density at radius 1 is 1.14 bits per heavy atom. The molecule has 1 rings (SSSR count). The fraction of sp³-hybridized carbons (Fsp3) is 0.538. The molecule has 0 bridgehead atoms. The van der Waals surface area contributed by atoms with E-state index in [1.165, 1.54) is 24.0 Å². The van der Waals surface area contributed by atoms with Gasteiger partial charge in [0.25, 0.3) is 0 Å². The molecule has 0 saturated carbocycles. The van der Waals surface area contributed by atoms with E-state index < -0.39 is 0 Å². The third kappa shape index (κ3) is 8.26. The second-order valence-electron chi connectivity index (χ2n) is 2.74. The predicted octanol–water partition coefficient (Wildman–Crippen LogP) is 4.47. The molecule has 0 saturated heterocycles. The van der Waals surface area contributed by atoms with Crippen molar-refractivity contribution in [3.8, 4) is 0 Å². The molecule has 0 heterocycles. The van der Waals surface area contributed by atoms with Crippen molar-refractivity contribution < 1.29 is 0 Å². The maximum Gasteiger partial charge on any atom is -0.0281 e. The molecule has 0 aliphatic rings. The number of rotatable bonds is 2. The summed E-state index contributed by atoms with van der Waals surface area (Å²) in [5.41, 5.74) is 2.83. The van der Waals surface area contributed by atoms with E-state index in [9.17, 15) is 0 Å². The van der Waals surface area contributed by atoms with Gasteiger partial charge in [0.15, 0.2) is 0 Å². The van der Waals surface area contributed by atoms with Crippen LogP contribution in [0, 0.1) is 6.92 Å². The van der Waals surface area contributed by atoms with E-state index in [-0.39, 0.29) is 0 Å². The number of hydrogen-bond acceptors (Lipinski definition) is 0. The minimum absolute atomic E-state index is 1.21. The Labute approximate surface area is 92.3 Å². The normalized spacial score (nSPS) is 7.86. The van der Waals surface area contributed by atoms with Crippen LogP contribution in [0.25, 0.3) is 0 Å². The molecule has 1 heteroatoms. The van der Waals surface area contributed by atoms with Crippen molar-refractivity contribution in [2.75, 3.05) is 6.66 Å². The van der Waals surface area contributed by atoms with Crippen LogP contribution in [0.1, 0.15) is 38.3 Å². The highest BCUT2D eigenvalue weighted by atomic mass is 31.0. The fourth-order valence-electron chi connectivity index (χ4n) is 1.16. The molecule has 0 amide bonds. The van der Waals surface area contributed by atoms with E-state index >= 15 is 0 Å². The highest BCUT2D eigenvalue weighted by Gasteiger charge is 1.88. The van der Waals surface area contributed by atoms with Crippen LogP contribution in [0.4, 0.5) is 0 Å². The molecule has 82 valence electrons. The molecule has 0 nitrogen and oxygen atoms in total. The van der Waals surface area contributed by atoms with Gasteiger partial charge in [-0.15, -0.1) is 9.24 Å². The summed E-state index contributed by atoms with van der Waals surface area (Å²) < 4.78 is 0. The Bertz CT molecular complexity index is 206. The van der Waals surface area contributed by atoms with E-state index in [0.29, 0.717) is 0 Å². The molecule has 1 aromatic carbocycles. The van der Waals surface area contributed by atoms with Gasteiger partial charge in [0, 0.05) is 0 Å². The van der Waals surface area contributed by atoms with Gasteiger partial charge in [-0.25, -0.2) is 0 Å². The zero-order chi connectivity index (χ0) is 11.4. The zero-order valence-electron chi connectivity index (χ0n) is 10.3. The molecule has 0 radical (unpaired) electrons. The second kappa shape index (κ2) is 12.7. The third-order valence-electron chi connectivity index (χ3n) is 1.62. The van der Waals surface area contributed by atoms with Crippen LogP contribution in [0.15, 0.2) is 24.3 Å². The first-order valence-corrected chi connectivity index (χ1v) is 6.61. The van der Waals surface area contributed by atoms with Gasteiger partial charge in [-0.2, -0.15) is 0 Å². The Morgan fingerprint density at radius 2 is 1.71 bits per heavy atom. The van der Waals surface area contributed by atoms with Crippen molar-refractivity contribution in [2.45, 2.75) is 40.5 Å². The first-order chi connectivity index (χ1) is 6.83. The molecule has 0 aliphatic carbocycles. The van der Waals surface area contributed by atoms with Crippen molar-refractivity contribution >= 4 is 9.24 Å². The lowest BCUT2D eigenvalue weighted by atomic mass is 10.1. The lowest BCUT2D eigenvalue weighted by molar-refractivity contribution is 0.920. The lowest BCUT2D eigenvalue weighted by Gasteiger charge is -1.97. The summed E-state index contributed by atoms with van der Waals surface area (Å²) in [4.78, 5) is 0. The second-order valence-corrected chi connectivity index (χ2v) is 2.74. The summed E-state index contributed by atoms with van der Waals surface area (Å²) in [6.45, 7) is 10.3. The van der Waals surface area contributed by atoms with Crippen LogP contribution in [0.5, 0.6) is 0 Å². The molecule has 0 spiro atoms. The lowest BCUT2D eigenvalue weighted by Crippen LogP contribution is -1.82. The van der Waals surface area contributed by atoms with Crippen LogP contribution >= 0.6 is 9.24 Å². The van der Waals surface area contributed by atoms with Crippen LogP contribution in [0.3, 0.4) is 0 Å². The summed E-state index contributed by atoms with van der Waals surface area (Å²) in [5, 5.41) is 0. The van der Waals surface area contributed by atoms with E-state index in [1.54, 1.807) is 0 Å². The van der Waals surface area contributed by atoms with Crippen molar-refractivity contribution in [1.82, 2.24) is 0 Å². The summed E-state index contributed by atoms with van der Waals surface area (Å²) in [6.07, 6.45) is 2.45. The Hall–Kier alpha value is -0.350. The quantitative estimate of drug-likeness (QED) is 0.635. The van der Waals surface area contributed by atoms with E-state index in [4.69, 9.17) is 0 Å². The van der Waals surface area contributed by atoms with Crippen molar-refractivity contribution in [1.29, 1.82) is 0 Å². The third-order valence-corrected chi connectivity index (χ3v) is 1.62. The smallest absolute Gasteiger partial charge is 0.0281 e. The highest BCUT2D eigenvalue weighted by molar-refractivity contribution is 7.15. The van der Waals surface area contributed by atoms with E-state index in [0.717, 1.165) is 0 Å². The molecule has 0 aliphatic heterocycles. The molecule has 0 fully saturated rings. The van der Waals surface area contributed by atoms with Crippen molar-refractivity contribution in [2.24, 2.45) is 0 Å². The first-order valence-electron chi connectivity index (χ1n) is 5.46. The number of aryl methyl sites for hydroxylation is 2. The Kier molecular flexibility index (Phi) is 14.5. The number of hydrogen-bond donors (Lipinski definition) is 0. The topological polar surface area (TPSA) is 0 Å². The van der Waals surface area contributed by atoms with Gasteiger partial charge in [-0.05, 0) is 18.9 Å². The zero-order valence-corrected chi connectivity index (χ0v) is 11.5. The highest BCUT2D eigenvalue weighted by Crippen LogP contribution is 2.05. The average molecular weight is 212 g/mol. The fourth-order valence-corrected chi connectivity index (χ4v) is 1.16. The Balaban J connectivity index is 0. The molecule has 1 unspecified atom stereocenters. The van der Waals surface area contributed by atoms with E-state index in [2.05, 4.69) is 47.4 Å². The summed E-state index contributed by atoms with van der Waals surface area (Å²) >= 11 is 0. The van der Waals surface area contributed by atoms with Crippen molar-refractivity contribution in [3.05, 3.63) is 35.4 Å². The number of benzene rings is 1. The van der Waals surface area contributed by atoms with Gasteiger partial charge in [-0.1, -0.05) is 63.7 Å². The van der Waals surface area contributed by atoms with Crippen LogP contribution in [-0.4, -0.2) is 6.66 Å². The van der Waals surface area contributed by atoms with Crippen LogP contribution in [-0.2, 0) is 6.42 Å². The molecular formula is C13H25P. The molecule has 14 heavy (non-hydrogen) atoms. The predicted molar refractivity (Wildman–Crippen MR) is 72.2 cm³/mol. The van der Waals surface area contributed by atoms with E-state index in [1.807, 2.05) is 20.5 Å². The van der Waals surface area contributed by atoms with Gasteiger partial charge in [-0.3, -0.25) is 0 Å². The van der Waals surface area contributed by atoms with Gasteiger partial charge in [0.1, 0.15) is 0 Å². The van der Waals surface area contributed by atoms with Gasteiger partial charge in [0.2, 0.25) is 0 Å². The minimum atomic E-state index is 1.21. The SMILES string of the molecule is CC.CCCc1cccc(C)c1.CP. The molecule has 0 aromatic heterocycles. The standard InChI is InChI=1S/C10H14.C2H6.CH5P/c1-3-5-10-7-4-6-9(2)8-10;2*1-2/h4,6-8H,3,5H2,1-2H3;1-2H3;2H2,1H3. The van der Waals surface area contributed by atoms with Crippen molar-refractivity contribution in [3.63, 3.8) is 0 Å². The summed E-state index contributed by atoms with van der Waals surface area (Å²) in [5.74, 6) is 0. The minimum Gasteiger partial charge on any atom is -0.141 e.